The van der Waals surface area contributed by atoms with Gasteiger partial charge in [-0.1, -0.05) is 48.0 Å². The zero-order valence-electron chi connectivity index (χ0n) is 15.2. The van der Waals surface area contributed by atoms with Gasteiger partial charge in [0.25, 0.3) is 0 Å². The number of nitrogens with zero attached hydrogens (tertiary/aromatic N) is 1. The number of likely N-dealkylation sites (N-methyl/N-ethyl adjacent to an activating group) is 1. The van der Waals surface area contributed by atoms with E-state index in [4.69, 9.17) is 11.6 Å². The van der Waals surface area contributed by atoms with E-state index in [2.05, 4.69) is 5.32 Å². The maximum absolute atomic E-state index is 14.0. The monoisotopic (exact) mass is 408 g/mol. The molecule has 2 aromatic rings. The normalized spacial score (nSPS) is 11.7. The Bertz CT molecular complexity index is 803. The number of hydrogen-bond donors (Lipinski definition) is 1. The molecule has 0 saturated heterocycles. The summed E-state index contributed by atoms with van der Waals surface area (Å²) in [6.45, 7) is 1.67. The molecule has 0 aliphatic heterocycles. The van der Waals surface area contributed by atoms with Crippen LogP contribution in [0.3, 0.4) is 0 Å². The van der Waals surface area contributed by atoms with Crippen LogP contribution in [-0.2, 0) is 21.9 Å². The molecule has 0 aliphatic rings. The van der Waals surface area contributed by atoms with Gasteiger partial charge in [0.2, 0.25) is 11.8 Å². The summed E-state index contributed by atoms with van der Waals surface area (Å²) < 4.78 is 14.0. The van der Waals surface area contributed by atoms with E-state index in [-0.39, 0.29) is 24.1 Å². The van der Waals surface area contributed by atoms with Gasteiger partial charge in [-0.3, -0.25) is 9.59 Å². The fourth-order valence-electron chi connectivity index (χ4n) is 2.55. The van der Waals surface area contributed by atoms with Crippen LogP contribution in [0.4, 0.5) is 4.39 Å². The first-order chi connectivity index (χ1) is 12.9. The molecule has 2 amide bonds. The molecule has 27 heavy (non-hydrogen) atoms. The van der Waals surface area contributed by atoms with Crippen molar-refractivity contribution in [2.45, 2.75) is 25.3 Å². The molecule has 0 heterocycles. The second-order valence-corrected chi connectivity index (χ2v) is 7.38. The molecule has 1 atom stereocenters. The zero-order valence-corrected chi connectivity index (χ0v) is 16.8. The van der Waals surface area contributed by atoms with Crippen LogP contribution in [0, 0.1) is 5.82 Å². The average Bonchev–Trinajstić information content (AvgIpc) is 2.67. The highest BCUT2D eigenvalue weighted by molar-refractivity contribution is 7.99. The van der Waals surface area contributed by atoms with E-state index >= 15 is 0 Å². The van der Waals surface area contributed by atoms with Crippen molar-refractivity contribution in [1.82, 2.24) is 10.2 Å². The Kier molecular flexibility index (Phi) is 8.13. The third-order valence-electron chi connectivity index (χ3n) is 4.15. The van der Waals surface area contributed by atoms with E-state index in [0.29, 0.717) is 16.3 Å². The predicted octanol–water partition coefficient (Wildman–Crippen LogP) is 3.88. The van der Waals surface area contributed by atoms with Gasteiger partial charge in [0, 0.05) is 29.9 Å². The van der Waals surface area contributed by atoms with E-state index in [1.165, 1.54) is 29.8 Å². The van der Waals surface area contributed by atoms with Crippen molar-refractivity contribution >= 4 is 35.2 Å². The lowest BCUT2D eigenvalue weighted by atomic mass is 10.1. The van der Waals surface area contributed by atoms with Gasteiger partial charge < -0.3 is 10.2 Å². The molecule has 0 aromatic heterocycles. The Hall–Kier alpha value is -2.05. The maximum Gasteiger partial charge on any atom is 0.242 e. The number of thioether (sulfide) groups is 1. The second-order valence-electron chi connectivity index (χ2n) is 5.99. The minimum atomic E-state index is -0.706. The number of benzene rings is 2. The number of rotatable bonds is 8. The van der Waals surface area contributed by atoms with Gasteiger partial charge in [0.15, 0.2) is 0 Å². The van der Waals surface area contributed by atoms with Crippen LogP contribution in [0.5, 0.6) is 0 Å². The van der Waals surface area contributed by atoms with Crippen LogP contribution in [-0.4, -0.2) is 35.6 Å². The van der Waals surface area contributed by atoms with Gasteiger partial charge in [-0.2, -0.15) is 0 Å². The molecule has 0 aliphatic carbocycles. The topological polar surface area (TPSA) is 49.4 Å². The highest BCUT2D eigenvalue weighted by atomic mass is 35.5. The molecule has 1 N–H and O–H groups in total. The molecule has 0 unspecified atom stereocenters. The first kappa shape index (κ1) is 21.3. The summed E-state index contributed by atoms with van der Waals surface area (Å²) in [5.41, 5.74) is 1.31. The summed E-state index contributed by atoms with van der Waals surface area (Å²) >= 11 is 7.54. The highest BCUT2D eigenvalue weighted by Crippen LogP contribution is 2.22. The van der Waals surface area contributed by atoms with Gasteiger partial charge in [0.05, 0.1) is 5.75 Å². The van der Waals surface area contributed by atoms with Gasteiger partial charge in [0.1, 0.15) is 11.9 Å². The molecule has 0 saturated carbocycles. The van der Waals surface area contributed by atoms with E-state index in [9.17, 15) is 14.0 Å². The standard InChI is InChI=1S/C20H22ClFN2O2S/c1-14(20(26)23-2)24(11-15-7-4-6-10-18(15)22)19(25)13-27-12-16-8-3-5-9-17(16)21/h3-10,14H,11-13H2,1-2H3,(H,23,26)/t14-/m1/s1. The Balaban J connectivity index is 2.07. The van der Waals surface area contributed by atoms with E-state index < -0.39 is 11.9 Å². The minimum absolute atomic E-state index is 0.0345. The third-order valence-corrected chi connectivity index (χ3v) is 5.49. The van der Waals surface area contributed by atoms with Crippen molar-refractivity contribution in [3.63, 3.8) is 0 Å². The van der Waals surface area contributed by atoms with Crippen LogP contribution in [0.2, 0.25) is 5.02 Å². The lowest BCUT2D eigenvalue weighted by molar-refractivity contribution is -0.138. The number of carbonyl (C=O) groups excluding carboxylic acids is 2. The fraction of sp³-hybridized carbons (Fsp3) is 0.300. The first-order valence-corrected chi connectivity index (χ1v) is 10.0. The first-order valence-electron chi connectivity index (χ1n) is 8.49. The molecule has 4 nitrogen and oxygen atoms in total. The van der Waals surface area contributed by atoms with Crippen LogP contribution < -0.4 is 5.32 Å². The van der Waals surface area contributed by atoms with E-state index in [1.807, 2.05) is 18.2 Å². The fourth-order valence-corrected chi connectivity index (χ4v) is 3.74. The van der Waals surface area contributed by atoms with Crippen LogP contribution in [0.25, 0.3) is 0 Å². The number of amides is 2. The molecule has 144 valence electrons. The Labute approximate surface area is 168 Å². The Morgan fingerprint density at radius 2 is 1.78 bits per heavy atom. The maximum atomic E-state index is 14.0. The smallest absolute Gasteiger partial charge is 0.242 e. The summed E-state index contributed by atoms with van der Waals surface area (Å²) in [5.74, 6) is -0.181. The highest BCUT2D eigenvalue weighted by Gasteiger charge is 2.26. The van der Waals surface area contributed by atoms with Crippen LogP contribution in [0.1, 0.15) is 18.1 Å². The van der Waals surface area contributed by atoms with E-state index in [0.717, 1.165) is 5.56 Å². The van der Waals surface area contributed by atoms with Crippen molar-refractivity contribution in [2.24, 2.45) is 0 Å². The van der Waals surface area contributed by atoms with Crippen LogP contribution >= 0.6 is 23.4 Å². The summed E-state index contributed by atoms with van der Waals surface area (Å²) in [6, 6.07) is 13.0. The molecule has 0 radical (unpaired) electrons. The quantitative estimate of drug-likeness (QED) is 0.721. The Morgan fingerprint density at radius 1 is 1.15 bits per heavy atom. The molecule has 0 spiro atoms. The SMILES string of the molecule is CNC(=O)[C@@H](C)N(Cc1ccccc1F)C(=O)CSCc1ccccc1Cl. The van der Waals surface area contributed by atoms with Crippen molar-refractivity contribution in [3.8, 4) is 0 Å². The third kappa shape index (κ3) is 5.97. The van der Waals surface area contributed by atoms with Crippen molar-refractivity contribution in [2.75, 3.05) is 12.8 Å². The van der Waals surface area contributed by atoms with Crippen LogP contribution in [0.15, 0.2) is 48.5 Å². The molecule has 7 heteroatoms. The lowest BCUT2D eigenvalue weighted by Gasteiger charge is -2.28. The molecular weight excluding hydrogens is 387 g/mol. The predicted molar refractivity (Wildman–Crippen MR) is 108 cm³/mol. The van der Waals surface area contributed by atoms with Gasteiger partial charge in [-0.25, -0.2) is 4.39 Å². The molecule has 2 aromatic carbocycles. The summed E-state index contributed by atoms with van der Waals surface area (Å²) in [5, 5.41) is 3.19. The minimum Gasteiger partial charge on any atom is -0.357 e. The Morgan fingerprint density at radius 3 is 2.41 bits per heavy atom. The second kappa shape index (κ2) is 10.3. The van der Waals surface area contributed by atoms with E-state index in [1.54, 1.807) is 31.2 Å². The number of carbonyl (C=O) groups is 2. The zero-order chi connectivity index (χ0) is 19.8. The average molecular weight is 409 g/mol. The number of halogens is 2. The van der Waals surface area contributed by atoms with Gasteiger partial charge in [-0.05, 0) is 24.6 Å². The van der Waals surface area contributed by atoms with Crippen molar-refractivity contribution in [1.29, 1.82) is 0 Å². The van der Waals surface area contributed by atoms with Gasteiger partial charge in [-0.15, -0.1) is 11.8 Å². The molecular formula is C20H22ClFN2O2S. The lowest BCUT2D eigenvalue weighted by Crippen LogP contribution is -2.47. The summed E-state index contributed by atoms with van der Waals surface area (Å²) in [6.07, 6.45) is 0. The van der Waals surface area contributed by atoms with Gasteiger partial charge >= 0.3 is 0 Å². The molecule has 2 rings (SSSR count). The number of hydrogen-bond acceptors (Lipinski definition) is 3. The number of nitrogens with one attached hydrogen (secondary N) is 1. The van der Waals surface area contributed by atoms with Crippen molar-refractivity contribution < 1.29 is 14.0 Å². The largest absolute Gasteiger partial charge is 0.357 e. The molecule has 0 bridgehead atoms. The summed E-state index contributed by atoms with van der Waals surface area (Å²) in [7, 11) is 1.51. The van der Waals surface area contributed by atoms with Crippen molar-refractivity contribution in [3.05, 3.63) is 70.5 Å². The summed E-state index contributed by atoms with van der Waals surface area (Å²) in [4.78, 5) is 26.2. The molecule has 0 fully saturated rings.